The first-order valence-corrected chi connectivity index (χ1v) is 10.2. The van der Waals surface area contributed by atoms with Gasteiger partial charge in [0.2, 0.25) is 5.76 Å². The van der Waals surface area contributed by atoms with Crippen LogP contribution in [-0.2, 0) is 6.54 Å². The molecule has 0 aliphatic carbocycles. The van der Waals surface area contributed by atoms with E-state index in [1.807, 2.05) is 30.3 Å². The number of carbonyl (C=O) groups is 1. The number of nitrogens with zero attached hydrogens (tertiary/aromatic N) is 1. The monoisotopic (exact) mass is 461 g/mol. The number of amides is 1. The lowest BCUT2D eigenvalue weighted by atomic mass is 9.98. The number of aromatic hydroxyl groups is 1. The lowest BCUT2D eigenvalue weighted by molar-refractivity contribution is 0.0714. The molecule has 0 spiro atoms. The van der Waals surface area contributed by atoms with Crippen molar-refractivity contribution in [3.05, 3.63) is 110 Å². The number of phenolic OH excluding ortho intramolecular Hbond substituents is 1. The Morgan fingerprint density at radius 3 is 2.43 bits per heavy atom. The molecular formula is C24H16BrNO4. The highest BCUT2D eigenvalue weighted by Crippen LogP contribution is 2.39. The van der Waals surface area contributed by atoms with Crippen LogP contribution in [0.2, 0.25) is 0 Å². The van der Waals surface area contributed by atoms with Gasteiger partial charge in [-0.05, 0) is 41.5 Å². The van der Waals surface area contributed by atoms with Gasteiger partial charge < -0.3 is 14.4 Å². The summed E-state index contributed by atoms with van der Waals surface area (Å²) in [4.78, 5) is 28.5. The summed E-state index contributed by atoms with van der Waals surface area (Å²) >= 11 is 3.40. The Morgan fingerprint density at radius 2 is 1.70 bits per heavy atom. The fraction of sp³-hybridized carbons (Fsp3) is 0.0833. The third-order valence-corrected chi connectivity index (χ3v) is 5.83. The van der Waals surface area contributed by atoms with E-state index >= 15 is 0 Å². The number of hydrogen-bond acceptors (Lipinski definition) is 4. The van der Waals surface area contributed by atoms with E-state index in [1.165, 1.54) is 0 Å². The molecule has 1 aromatic heterocycles. The summed E-state index contributed by atoms with van der Waals surface area (Å²) in [5.41, 5.74) is 2.16. The van der Waals surface area contributed by atoms with Crippen molar-refractivity contribution in [2.75, 3.05) is 0 Å². The van der Waals surface area contributed by atoms with E-state index in [4.69, 9.17) is 4.42 Å². The zero-order valence-corrected chi connectivity index (χ0v) is 17.3. The predicted molar refractivity (Wildman–Crippen MR) is 116 cm³/mol. The van der Waals surface area contributed by atoms with Crippen LogP contribution in [0.4, 0.5) is 0 Å². The molecule has 0 unspecified atom stereocenters. The van der Waals surface area contributed by atoms with Gasteiger partial charge in [0.15, 0.2) is 5.43 Å². The van der Waals surface area contributed by atoms with Crippen molar-refractivity contribution < 1.29 is 14.3 Å². The molecule has 148 valence electrons. The van der Waals surface area contributed by atoms with Crippen LogP contribution in [0.25, 0.3) is 11.0 Å². The minimum absolute atomic E-state index is 0.0730. The highest BCUT2D eigenvalue weighted by atomic mass is 79.9. The quantitative estimate of drug-likeness (QED) is 0.465. The van der Waals surface area contributed by atoms with Crippen LogP contribution in [0, 0.1) is 0 Å². The minimum atomic E-state index is -0.604. The molecule has 3 aromatic carbocycles. The van der Waals surface area contributed by atoms with Gasteiger partial charge in [-0.1, -0.05) is 58.4 Å². The maximum absolute atomic E-state index is 13.5. The first-order chi connectivity index (χ1) is 14.5. The molecular weight excluding hydrogens is 446 g/mol. The molecule has 1 aliphatic heterocycles. The van der Waals surface area contributed by atoms with Crippen LogP contribution in [0.1, 0.15) is 33.3 Å². The van der Waals surface area contributed by atoms with Gasteiger partial charge in [0.05, 0.1) is 17.0 Å². The molecule has 1 N–H and O–H groups in total. The summed E-state index contributed by atoms with van der Waals surface area (Å²) in [7, 11) is 0. The number of halogens is 1. The Balaban J connectivity index is 1.74. The highest BCUT2D eigenvalue weighted by Gasteiger charge is 2.42. The molecule has 1 atom stereocenters. The molecule has 0 radical (unpaired) electrons. The van der Waals surface area contributed by atoms with E-state index in [-0.39, 0.29) is 22.8 Å². The van der Waals surface area contributed by atoms with E-state index in [0.29, 0.717) is 23.1 Å². The third-order valence-electron chi connectivity index (χ3n) is 5.33. The third kappa shape index (κ3) is 3.00. The lowest BCUT2D eigenvalue weighted by Gasteiger charge is -2.25. The average Bonchev–Trinajstić information content (AvgIpc) is 3.02. The van der Waals surface area contributed by atoms with Crippen molar-refractivity contribution in [1.82, 2.24) is 4.90 Å². The Hall–Kier alpha value is -3.38. The fourth-order valence-corrected chi connectivity index (χ4v) is 4.30. The number of benzene rings is 3. The molecule has 0 fully saturated rings. The van der Waals surface area contributed by atoms with E-state index in [1.54, 1.807) is 47.4 Å². The molecule has 0 saturated heterocycles. The largest absolute Gasteiger partial charge is 0.508 e. The van der Waals surface area contributed by atoms with Gasteiger partial charge in [0, 0.05) is 11.0 Å². The summed E-state index contributed by atoms with van der Waals surface area (Å²) in [6.45, 7) is 0.328. The first kappa shape index (κ1) is 18.6. The topological polar surface area (TPSA) is 70.8 Å². The van der Waals surface area contributed by atoms with E-state index < -0.39 is 6.04 Å². The molecule has 5 rings (SSSR count). The molecule has 30 heavy (non-hydrogen) atoms. The summed E-state index contributed by atoms with van der Waals surface area (Å²) < 4.78 is 6.69. The van der Waals surface area contributed by atoms with Crippen molar-refractivity contribution in [2.24, 2.45) is 0 Å². The van der Waals surface area contributed by atoms with Crippen molar-refractivity contribution in [3.8, 4) is 5.75 Å². The Kier molecular flexibility index (Phi) is 4.44. The molecule has 5 nitrogen and oxygen atoms in total. The van der Waals surface area contributed by atoms with Crippen LogP contribution in [0.15, 0.2) is 86.5 Å². The number of fused-ring (bicyclic) bond motifs is 2. The van der Waals surface area contributed by atoms with Gasteiger partial charge >= 0.3 is 0 Å². The SMILES string of the molecule is O=C1c2oc3ccc(Br)cc3c(=O)c2[C@H](c2ccc(O)cc2)N1Cc1ccccc1. The van der Waals surface area contributed by atoms with Gasteiger partial charge in [-0.3, -0.25) is 9.59 Å². The second-order valence-electron chi connectivity index (χ2n) is 7.23. The van der Waals surface area contributed by atoms with Crippen molar-refractivity contribution >= 4 is 32.8 Å². The molecule has 1 amide bonds. The number of carbonyl (C=O) groups excluding carboxylic acids is 1. The molecule has 1 aliphatic rings. The summed E-state index contributed by atoms with van der Waals surface area (Å²) in [6.07, 6.45) is 0. The lowest BCUT2D eigenvalue weighted by Crippen LogP contribution is -2.29. The Morgan fingerprint density at radius 1 is 0.967 bits per heavy atom. The standard InChI is InChI=1S/C24H16BrNO4/c25-16-8-11-19-18(12-16)22(28)20-21(15-6-9-17(27)10-7-15)26(24(29)23(20)30-19)13-14-4-2-1-3-5-14/h1-12,21,27H,13H2/t21-/m0/s1. The number of phenols is 1. The molecule has 6 heteroatoms. The van der Waals surface area contributed by atoms with Crippen LogP contribution in [-0.4, -0.2) is 15.9 Å². The van der Waals surface area contributed by atoms with E-state index in [9.17, 15) is 14.7 Å². The number of rotatable bonds is 3. The van der Waals surface area contributed by atoms with E-state index in [0.717, 1.165) is 15.6 Å². The second kappa shape index (κ2) is 7.15. The normalized spacial score (nSPS) is 15.6. The zero-order chi connectivity index (χ0) is 20.8. The van der Waals surface area contributed by atoms with Crippen LogP contribution in [0.5, 0.6) is 5.75 Å². The summed E-state index contributed by atoms with van der Waals surface area (Å²) in [5, 5.41) is 10.1. The maximum Gasteiger partial charge on any atom is 0.291 e. The first-order valence-electron chi connectivity index (χ1n) is 9.43. The molecule has 4 aromatic rings. The number of hydrogen-bond donors (Lipinski definition) is 1. The van der Waals surface area contributed by atoms with Gasteiger partial charge in [-0.15, -0.1) is 0 Å². The second-order valence-corrected chi connectivity index (χ2v) is 8.14. The van der Waals surface area contributed by atoms with Gasteiger partial charge in [0.1, 0.15) is 11.3 Å². The van der Waals surface area contributed by atoms with Gasteiger partial charge in [-0.25, -0.2) is 0 Å². The van der Waals surface area contributed by atoms with Crippen molar-refractivity contribution in [3.63, 3.8) is 0 Å². The Bertz CT molecular complexity index is 1330. The summed E-state index contributed by atoms with van der Waals surface area (Å²) in [5.74, 6) is -0.134. The predicted octanol–water partition coefficient (Wildman–Crippen LogP) is 5.01. The van der Waals surface area contributed by atoms with Gasteiger partial charge in [-0.2, -0.15) is 0 Å². The van der Waals surface area contributed by atoms with Crippen LogP contribution < -0.4 is 5.43 Å². The van der Waals surface area contributed by atoms with Crippen LogP contribution >= 0.6 is 15.9 Å². The van der Waals surface area contributed by atoms with Crippen molar-refractivity contribution in [1.29, 1.82) is 0 Å². The zero-order valence-electron chi connectivity index (χ0n) is 15.7. The molecule has 0 saturated carbocycles. The molecule has 2 heterocycles. The average molecular weight is 462 g/mol. The highest BCUT2D eigenvalue weighted by molar-refractivity contribution is 9.10. The fourth-order valence-electron chi connectivity index (χ4n) is 3.94. The Labute approximate surface area is 180 Å². The van der Waals surface area contributed by atoms with E-state index in [2.05, 4.69) is 15.9 Å². The smallest absolute Gasteiger partial charge is 0.291 e. The maximum atomic E-state index is 13.5. The van der Waals surface area contributed by atoms with Gasteiger partial charge in [0.25, 0.3) is 5.91 Å². The van der Waals surface area contributed by atoms with Crippen molar-refractivity contribution in [2.45, 2.75) is 12.6 Å². The van der Waals surface area contributed by atoms with Crippen LogP contribution in [0.3, 0.4) is 0 Å². The minimum Gasteiger partial charge on any atom is -0.508 e. The molecule has 0 bridgehead atoms. The summed E-state index contributed by atoms with van der Waals surface area (Å²) in [6, 6.07) is 20.7.